The number of ether oxygens (including phenoxy) is 2. The molecule has 1 saturated carbocycles. The van der Waals surface area contributed by atoms with E-state index in [0.717, 1.165) is 57.5 Å². The summed E-state index contributed by atoms with van der Waals surface area (Å²) in [5.41, 5.74) is 3.38. The van der Waals surface area contributed by atoms with Crippen LogP contribution in [-0.2, 0) is 4.74 Å². The molecule has 41 heavy (non-hydrogen) atoms. The molecule has 0 spiro atoms. The van der Waals surface area contributed by atoms with Crippen molar-refractivity contribution in [1.29, 1.82) is 0 Å². The first-order valence-corrected chi connectivity index (χ1v) is 14.4. The van der Waals surface area contributed by atoms with Crippen LogP contribution in [0.2, 0.25) is 0 Å². The van der Waals surface area contributed by atoms with Crippen LogP contribution in [0, 0.1) is 43.1 Å². The van der Waals surface area contributed by atoms with Gasteiger partial charge in [0.1, 0.15) is 16.3 Å². The maximum absolute atomic E-state index is 14.0. The monoisotopic (exact) mass is 586 g/mol. The zero-order valence-electron chi connectivity index (χ0n) is 23.4. The Morgan fingerprint density at radius 2 is 1.78 bits per heavy atom. The van der Waals surface area contributed by atoms with Gasteiger partial charge in [0.05, 0.1) is 34.4 Å². The molecule has 1 aliphatic rings. The lowest BCUT2D eigenvalue weighted by Gasteiger charge is -2.18. The van der Waals surface area contributed by atoms with E-state index in [1.807, 2.05) is 26.8 Å². The molecule has 5 rings (SSSR count). The Balaban J connectivity index is 1.30. The van der Waals surface area contributed by atoms with Crippen molar-refractivity contribution >= 4 is 33.3 Å². The summed E-state index contributed by atoms with van der Waals surface area (Å²) in [5.74, 6) is -1.84. The minimum atomic E-state index is -1.23. The van der Waals surface area contributed by atoms with Crippen LogP contribution in [0.4, 0.5) is 24.9 Å². The molecule has 1 aliphatic carbocycles. The maximum atomic E-state index is 14.0. The highest BCUT2D eigenvalue weighted by molar-refractivity contribution is 7.21. The predicted octanol–water partition coefficient (Wildman–Crippen LogP) is 6.54. The van der Waals surface area contributed by atoms with E-state index in [-0.39, 0.29) is 24.4 Å². The summed E-state index contributed by atoms with van der Waals surface area (Å²) in [6.45, 7) is 7.32. The molecule has 1 aromatic carbocycles. The first-order chi connectivity index (χ1) is 19.7. The zero-order valence-corrected chi connectivity index (χ0v) is 24.2. The lowest BCUT2D eigenvalue weighted by Crippen LogP contribution is -2.21. The number of rotatable bonds is 11. The van der Waals surface area contributed by atoms with Gasteiger partial charge in [-0.15, -0.1) is 11.3 Å². The van der Waals surface area contributed by atoms with Gasteiger partial charge in [-0.25, -0.2) is 23.1 Å². The van der Waals surface area contributed by atoms with Gasteiger partial charge >= 0.3 is 0 Å². The molecule has 0 aliphatic heterocycles. The van der Waals surface area contributed by atoms with Gasteiger partial charge in [-0.2, -0.15) is 4.98 Å². The molecule has 3 aromatic heterocycles. The van der Waals surface area contributed by atoms with Gasteiger partial charge < -0.3 is 20.1 Å². The van der Waals surface area contributed by atoms with Gasteiger partial charge in [-0.3, -0.25) is 4.98 Å². The van der Waals surface area contributed by atoms with E-state index in [1.54, 1.807) is 24.6 Å². The van der Waals surface area contributed by atoms with Crippen LogP contribution >= 0.6 is 11.3 Å². The lowest BCUT2D eigenvalue weighted by atomic mass is 10.1. The number of thiazole rings is 1. The minimum Gasteiger partial charge on any atom is -0.490 e. The Hall–Kier alpha value is -3.51. The van der Waals surface area contributed by atoms with Crippen molar-refractivity contribution in [1.82, 2.24) is 19.9 Å². The highest BCUT2D eigenvalue weighted by Gasteiger charge is 2.27. The molecule has 3 atom stereocenters. The number of nitrogens with one attached hydrogen (secondary N) is 2. The van der Waals surface area contributed by atoms with Crippen molar-refractivity contribution in [3.63, 3.8) is 0 Å². The second-order valence-corrected chi connectivity index (χ2v) is 11.5. The molecule has 1 fully saturated rings. The molecule has 8 nitrogen and oxygen atoms in total. The van der Waals surface area contributed by atoms with Crippen LogP contribution in [0.25, 0.3) is 20.8 Å². The van der Waals surface area contributed by atoms with E-state index in [4.69, 9.17) is 24.4 Å². The smallest absolute Gasteiger partial charge is 0.224 e. The van der Waals surface area contributed by atoms with Crippen LogP contribution in [0.15, 0.2) is 24.4 Å². The SMILES string of the molecule is CO[C@H](C)CNc1nc(C)c(-c2nc3c(C)nccc3s2)c(NCC2CC[C@H](COc3cc(F)c(F)cc3F)C2)n1. The average molecular weight is 587 g/mol. The number of fused-ring (bicyclic) bond motifs is 1. The summed E-state index contributed by atoms with van der Waals surface area (Å²) in [6, 6.07) is 3.23. The maximum Gasteiger partial charge on any atom is 0.224 e. The predicted molar refractivity (Wildman–Crippen MR) is 154 cm³/mol. The van der Waals surface area contributed by atoms with Crippen molar-refractivity contribution in [2.45, 2.75) is 46.1 Å². The van der Waals surface area contributed by atoms with Gasteiger partial charge in [0.25, 0.3) is 0 Å². The van der Waals surface area contributed by atoms with Crippen LogP contribution in [0.3, 0.4) is 0 Å². The van der Waals surface area contributed by atoms with Gasteiger partial charge in [0.2, 0.25) is 5.95 Å². The topological polar surface area (TPSA) is 94.1 Å². The van der Waals surface area contributed by atoms with Crippen LogP contribution in [0.1, 0.15) is 37.6 Å². The Morgan fingerprint density at radius 1 is 1.00 bits per heavy atom. The van der Waals surface area contributed by atoms with Crippen molar-refractivity contribution in [3.8, 4) is 16.3 Å². The molecule has 2 N–H and O–H groups in total. The van der Waals surface area contributed by atoms with E-state index < -0.39 is 17.5 Å². The van der Waals surface area contributed by atoms with E-state index in [9.17, 15) is 13.2 Å². The molecule has 0 amide bonds. The Morgan fingerprint density at radius 3 is 2.56 bits per heavy atom. The van der Waals surface area contributed by atoms with Gasteiger partial charge in [-0.1, -0.05) is 0 Å². The summed E-state index contributed by atoms with van der Waals surface area (Å²) in [4.78, 5) is 18.8. The Bertz CT molecular complexity index is 1530. The minimum absolute atomic E-state index is 0.00718. The molecule has 0 saturated heterocycles. The second-order valence-electron chi connectivity index (χ2n) is 10.5. The van der Waals surface area contributed by atoms with E-state index >= 15 is 0 Å². The number of nitrogens with zero attached hydrogens (tertiary/aromatic N) is 4. The summed E-state index contributed by atoms with van der Waals surface area (Å²) in [5, 5.41) is 7.63. The zero-order chi connectivity index (χ0) is 29.1. The fourth-order valence-electron chi connectivity index (χ4n) is 5.02. The number of methoxy groups -OCH3 is 1. The number of halogens is 3. The molecule has 1 unspecified atom stereocenters. The van der Waals surface area contributed by atoms with Crippen LogP contribution < -0.4 is 15.4 Å². The van der Waals surface area contributed by atoms with Gasteiger partial charge in [-0.05, 0) is 57.9 Å². The number of aromatic nitrogens is 4. The summed E-state index contributed by atoms with van der Waals surface area (Å²) in [6.07, 6.45) is 4.46. The molecule has 0 radical (unpaired) electrons. The number of aryl methyl sites for hydroxylation is 2. The number of pyridine rings is 1. The van der Waals surface area contributed by atoms with E-state index in [0.29, 0.717) is 36.8 Å². The Kier molecular flexibility index (Phi) is 8.88. The highest BCUT2D eigenvalue weighted by atomic mass is 32.1. The number of benzene rings is 1. The fourth-order valence-corrected chi connectivity index (χ4v) is 6.13. The first kappa shape index (κ1) is 29.0. The largest absolute Gasteiger partial charge is 0.490 e. The number of anilines is 2. The fraction of sp³-hybridized carbons (Fsp3) is 0.448. The van der Waals surface area contributed by atoms with Crippen molar-refractivity contribution < 1.29 is 22.6 Å². The Labute approximate surface area is 240 Å². The van der Waals surface area contributed by atoms with Crippen molar-refractivity contribution in [2.75, 3.05) is 37.4 Å². The third-order valence-corrected chi connectivity index (χ3v) is 8.44. The molecule has 3 heterocycles. The molecular formula is C29H33F3N6O2S. The molecule has 218 valence electrons. The van der Waals surface area contributed by atoms with Crippen LogP contribution in [-0.4, -0.2) is 52.8 Å². The third-order valence-electron chi connectivity index (χ3n) is 7.40. The molecule has 4 aromatic rings. The molecule has 0 bridgehead atoms. The third kappa shape index (κ3) is 6.70. The molecular weight excluding hydrogens is 553 g/mol. The second kappa shape index (κ2) is 12.6. The quantitative estimate of drug-likeness (QED) is 0.192. The van der Waals surface area contributed by atoms with Crippen LogP contribution in [0.5, 0.6) is 5.75 Å². The number of hydrogen-bond donors (Lipinski definition) is 2. The molecule has 12 heteroatoms. The van der Waals surface area contributed by atoms with Gasteiger partial charge in [0, 0.05) is 38.5 Å². The van der Waals surface area contributed by atoms with Gasteiger partial charge in [0.15, 0.2) is 23.2 Å². The first-order valence-electron chi connectivity index (χ1n) is 13.6. The summed E-state index contributed by atoms with van der Waals surface area (Å²) in [7, 11) is 1.66. The summed E-state index contributed by atoms with van der Waals surface area (Å²) >= 11 is 1.58. The summed E-state index contributed by atoms with van der Waals surface area (Å²) < 4.78 is 52.6. The average Bonchev–Trinajstić information content (AvgIpc) is 3.59. The standard InChI is InChI=1S/C29H33F3N6O2S/c1-15(39-4)12-35-29-36-16(2)25(28-37-26-17(3)33-8-7-24(26)41-28)27(38-29)34-13-18-5-6-19(9-18)14-40-23-11-21(31)20(30)10-22(23)32/h7-8,10-11,15,18-19H,5-6,9,12-14H2,1-4H3,(H2,34,35,36,38)/t15-,18?,19+/m1/s1. The van der Waals surface area contributed by atoms with E-state index in [2.05, 4.69) is 15.6 Å². The van der Waals surface area contributed by atoms with Crippen molar-refractivity contribution in [2.24, 2.45) is 11.8 Å². The van der Waals surface area contributed by atoms with E-state index in [1.165, 1.54) is 0 Å². The normalized spacial score (nSPS) is 17.6. The lowest BCUT2D eigenvalue weighted by molar-refractivity contribution is 0.128. The van der Waals surface area contributed by atoms with Crippen molar-refractivity contribution in [3.05, 3.63) is 53.2 Å². The highest BCUT2D eigenvalue weighted by Crippen LogP contribution is 2.38. The number of hydrogen-bond acceptors (Lipinski definition) is 9.